The van der Waals surface area contributed by atoms with Crippen molar-refractivity contribution in [2.24, 2.45) is 5.73 Å². The normalized spacial score (nSPS) is 31.3. The van der Waals surface area contributed by atoms with E-state index in [0.717, 1.165) is 0 Å². The third-order valence-corrected chi connectivity index (χ3v) is 2.96. The second-order valence-corrected chi connectivity index (χ2v) is 4.48. The Morgan fingerprint density at radius 1 is 1.57 bits per heavy atom. The molecular weight excluding hydrogens is 251 g/mol. The number of aliphatic hydroxyl groups is 1. The molecule has 0 radical (unpaired) electrons. The van der Waals surface area contributed by atoms with E-state index in [4.69, 9.17) is 5.73 Å². The van der Waals surface area contributed by atoms with Crippen LogP contribution >= 0.6 is 15.9 Å². The maximum absolute atomic E-state index is 13.4. The van der Waals surface area contributed by atoms with Gasteiger partial charge in [0, 0.05) is 11.6 Å². The van der Waals surface area contributed by atoms with Gasteiger partial charge < -0.3 is 10.8 Å². The van der Waals surface area contributed by atoms with E-state index in [-0.39, 0.29) is 11.6 Å². The molecule has 3 nitrogen and oxygen atoms in total. The molecule has 1 aromatic rings. The summed E-state index contributed by atoms with van der Waals surface area (Å²) in [7, 11) is 0. The van der Waals surface area contributed by atoms with Crippen LogP contribution in [-0.2, 0) is 5.60 Å². The molecule has 0 spiro atoms. The molecule has 14 heavy (non-hydrogen) atoms. The second kappa shape index (κ2) is 3.25. The van der Waals surface area contributed by atoms with Crippen LogP contribution in [0.3, 0.4) is 0 Å². The molecule has 0 amide bonds. The molecule has 3 N–H and O–H groups in total. The van der Waals surface area contributed by atoms with Gasteiger partial charge in [-0.3, -0.25) is 0 Å². The summed E-state index contributed by atoms with van der Waals surface area (Å²) in [6.07, 6.45) is 0.792. The third kappa shape index (κ3) is 1.55. The van der Waals surface area contributed by atoms with Crippen molar-refractivity contribution in [3.8, 4) is 0 Å². The Kier molecular flexibility index (Phi) is 2.33. The Labute approximate surface area is 89.3 Å². The van der Waals surface area contributed by atoms with Crippen molar-refractivity contribution in [3.63, 3.8) is 0 Å². The fraction of sp³-hybridized carbons (Fsp3) is 0.444. The summed E-state index contributed by atoms with van der Waals surface area (Å²) in [6, 6.07) is 3.11. The predicted molar refractivity (Wildman–Crippen MR) is 53.0 cm³/mol. The molecule has 0 saturated heterocycles. The molecule has 0 bridgehead atoms. The van der Waals surface area contributed by atoms with Gasteiger partial charge in [0.25, 0.3) is 0 Å². The van der Waals surface area contributed by atoms with Crippen LogP contribution in [-0.4, -0.2) is 16.1 Å². The van der Waals surface area contributed by atoms with E-state index in [2.05, 4.69) is 20.9 Å². The Hall–Kier alpha value is -0.520. The molecule has 0 aromatic carbocycles. The molecule has 5 heteroatoms. The summed E-state index contributed by atoms with van der Waals surface area (Å²) in [5, 5.41) is 9.95. The number of aromatic nitrogens is 1. The van der Waals surface area contributed by atoms with Crippen LogP contribution in [0.5, 0.6) is 0 Å². The van der Waals surface area contributed by atoms with Crippen molar-refractivity contribution in [1.82, 2.24) is 4.98 Å². The van der Waals surface area contributed by atoms with Crippen molar-refractivity contribution in [1.29, 1.82) is 0 Å². The number of rotatable bonds is 1. The van der Waals surface area contributed by atoms with E-state index >= 15 is 0 Å². The maximum atomic E-state index is 13.4. The van der Waals surface area contributed by atoms with Gasteiger partial charge in [-0.2, -0.15) is 4.39 Å². The van der Waals surface area contributed by atoms with Crippen LogP contribution in [0.25, 0.3) is 0 Å². The molecule has 76 valence electrons. The molecular formula is C9H10BrFN2O. The summed E-state index contributed by atoms with van der Waals surface area (Å²) >= 11 is 3.06. The first-order valence-electron chi connectivity index (χ1n) is 4.32. The predicted octanol–water partition coefficient (Wildman–Crippen LogP) is 1.29. The zero-order valence-corrected chi connectivity index (χ0v) is 8.96. The molecule has 0 unspecified atom stereocenters. The Morgan fingerprint density at radius 2 is 2.21 bits per heavy atom. The molecule has 1 heterocycles. The second-order valence-electron chi connectivity index (χ2n) is 3.67. The summed E-state index contributed by atoms with van der Waals surface area (Å²) in [5.41, 5.74) is 4.68. The molecule has 0 aliphatic heterocycles. The van der Waals surface area contributed by atoms with Crippen molar-refractivity contribution in [2.45, 2.75) is 24.5 Å². The monoisotopic (exact) mass is 260 g/mol. The minimum absolute atomic E-state index is 0.0388. The van der Waals surface area contributed by atoms with Crippen LogP contribution in [0.4, 0.5) is 4.39 Å². The van der Waals surface area contributed by atoms with Gasteiger partial charge in [-0.25, -0.2) is 4.98 Å². The minimum atomic E-state index is -1.11. The first-order valence-corrected chi connectivity index (χ1v) is 5.11. The Morgan fingerprint density at radius 3 is 2.71 bits per heavy atom. The molecule has 1 aromatic heterocycles. The fourth-order valence-electron chi connectivity index (χ4n) is 1.79. The van der Waals surface area contributed by atoms with Crippen LogP contribution < -0.4 is 5.73 Å². The number of nitrogens with two attached hydrogens (primary N) is 1. The van der Waals surface area contributed by atoms with Gasteiger partial charge in [-0.05, 0) is 40.9 Å². The van der Waals surface area contributed by atoms with E-state index < -0.39 is 11.5 Å². The number of hydrogen-bond donors (Lipinski definition) is 2. The van der Waals surface area contributed by atoms with E-state index in [1.54, 1.807) is 6.07 Å². The molecule has 1 aliphatic rings. The average Bonchev–Trinajstić information content (AvgIpc) is 2.00. The SMILES string of the molecule is NC1CC(O)(c2ccc(Br)nc2F)C1. The average molecular weight is 261 g/mol. The molecule has 2 rings (SSSR count). The van der Waals surface area contributed by atoms with Crippen LogP contribution in [0.15, 0.2) is 16.7 Å². The van der Waals surface area contributed by atoms with Gasteiger partial charge in [-0.1, -0.05) is 0 Å². The maximum Gasteiger partial charge on any atom is 0.220 e. The van der Waals surface area contributed by atoms with Gasteiger partial charge >= 0.3 is 0 Å². The highest BCUT2D eigenvalue weighted by atomic mass is 79.9. The van der Waals surface area contributed by atoms with E-state index in [0.29, 0.717) is 17.4 Å². The standard InChI is InChI=1S/C9H10BrFN2O/c10-7-2-1-6(8(11)13-7)9(14)3-5(12)4-9/h1-2,5,14H,3-4,12H2. The van der Waals surface area contributed by atoms with Crippen molar-refractivity contribution >= 4 is 15.9 Å². The Bertz CT molecular complexity index is 366. The zero-order valence-electron chi connectivity index (χ0n) is 7.37. The highest BCUT2D eigenvalue weighted by molar-refractivity contribution is 9.10. The molecule has 0 atom stereocenters. The first-order chi connectivity index (χ1) is 6.51. The van der Waals surface area contributed by atoms with Gasteiger partial charge in [0.05, 0.1) is 5.60 Å². The van der Waals surface area contributed by atoms with E-state index in [1.807, 2.05) is 0 Å². The van der Waals surface area contributed by atoms with Gasteiger partial charge in [0.2, 0.25) is 5.95 Å². The molecule has 1 fully saturated rings. The number of hydrogen-bond acceptors (Lipinski definition) is 3. The van der Waals surface area contributed by atoms with Gasteiger partial charge in [0.1, 0.15) is 4.60 Å². The molecule has 1 aliphatic carbocycles. The molecule has 1 saturated carbocycles. The minimum Gasteiger partial charge on any atom is -0.385 e. The Balaban J connectivity index is 2.33. The summed E-state index contributed by atoms with van der Waals surface area (Å²) in [5.74, 6) is -0.631. The highest BCUT2D eigenvalue weighted by Gasteiger charge is 2.44. The lowest BCUT2D eigenvalue weighted by Gasteiger charge is -2.41. The van der Waals surface area contributed by atoms with Crippen molar-refractivity contribution < 1.29 is 9.50 Å². The quantitative estimate of drug-likeness (QED) is 0.749. The third-order valence-electron chi connectivity index (χ3n) is 2.52. The van der Waals surface area contributed by atoms with E-state index in [9.17, 15) is 9.50 Å². The van der Waals surface area contributed by atoms with Crippen molar-refractivity contribution in [3.05, 3.63) is 28.2 Å². The van der Waals surface area contributed by atoms with Crippen molar-refractivity contribution in [2.75, 3.05) is 0 Å². The van der Waals surface area contributed by atoms with Crippen LogP contribution in [0.1, 0.15) is 18.4 Å². The summed E-state index contributed by atoms with van der Waals surface area (Å²) < 4.78 is 13.8. The van der Waals surface area contributed by atoms with Gasteiger partial charge in [0.15, 0.2) is 0 Å². The topological polar surface area (TPSA) is 59.1 Å². The first kappa shape index (κ1) is 10.0. The summed E-state index contributed by atoms with van der Waals surface area (Å²) in [4.78, 5) is 3.60. The van der Waals surface area contributed by atoms with E-state index in [1.165, 1.54) is 6.07 Å². The number of pyridine rings is 1. The van der Waals surface area contributed by atoms with Gasteiger partial charge in [-0.15, -0.1) is 0 Å². The van der Waals surface area contributed by atoms with Crippen LogP contribution in [0.2, 0.25) is 0 Å². The highest BCUT2D eigenvalue weighted by Crippen LogP contribution is 2.41. The smallest absolute Gasteiger partial charge is 0.220 e. The number of halogens is 2. The van der Waals surface area contributed by atoms with Crippen LogP contribution in [0, 0.1) is 5.95 Å². The summed E-state index contributed by atoms with van der Waals surface area (Å²) in [6.45, 7) is 0. The fourth-order valence-corrected chi connectivity index (χ4v) is 2.07. The lowest BCUT2D eigenvalue weighted by molar-refractivity contribution is -0.0555. The largest absolute Gasteiger partial charge is 0.385 e. The lowest BCUT2D eigenvalue weighted by atomic mass is 9.72. The zero-order chi connectivity index (χ0) is 10.3. The number of nitrogens with zero attached hydrogens (tertiary/aromatic N) is 1. The lowest BCUT2D eigenvalue weighted by Crippen LogP contribution is -2.49.